The minimum Gasteiger partial charge on any atom is -0.229 e. The molecule has 1 aromatic rings. The predicted molar refractivity (Wildman–Crippen MR) is 47.3 cm³/mol. The van der Waals surface area contributed by atoms with Crippen molar-refractivity contribution in [2.24, 2.45) is 0 Å². The van der Waals surface area contributed by atoms with Gasteiger partial charge in [0.05, 0.1) is 0 Å². The third-order valence-corrected chi connectivity index (χ3v) is 1.92. The van der Waals surface area contributed by atoms with Gasteiger partial charge in [0.2, 0.25) is 0 Å². The molecule has 0 heterocycles. The summed E-state index contributed by atoms with van der Waals surface area (Å²) in [7, 11) is -5.40. The summed E-state index contributed by atoms with van der Waals surface area (Å²) in [4.78, 5) is 16.8. The van der Waals surface area contributed by atoms with E-state index in [1.807, 2.05) is 0 Å². The minimum atomic E-state index is -2.70. The highest BCUT2D eigenvalue weighted by atomic mass is 31.1. The van der Waals surface area contributed by atoms with Crippen LogP contribution in [0.2, 0.25) is 0 Å². The van der Waals surface area contributed by atoms with Gasteiger partial charge in [0.25, 0.3) is 0 Å². The van der Waals surface area contributed by atoms with Crippen LogP contribution in [0, 0.1) is 0 Å². The average molecular weight is 236 g/mol. The maximum absolute atomic E-state index is 10.2. The monoisotopic (exact) mass is 236 g/mol. The first-order valence-corrected chi connectivity index (χ1v) is 5.62. The van der Waals surface area contributed by atoms with Crippen LogP contribution in [0.25, 0.3) is 0 Å². The van der Waals surface area contributed by atoms with Crippen molar-refractivity contribution in [1.82, 2.24) is 0 Å². The van der Waals surface area contributed by atoms with E-state index in [0.717, 1.165) is 0 Å². The molecule has 8 heteroatoms. The van der Waals surface area contributed by atoms with Crippen molar-refractivity contribution >= 4 is 16.5 Å². The number of hydrogen-bond acceptors (Lipinski definition) is 4. The first-order valence-electron chi connectivity index (χ1n) is 3.36. The summed E-state index contributed by atoms with van der Waals surface area (Å²) in [6.45, 7) is 0. The molecule has 1 aromatic carbocycles. The molecule has 2 atom stereocenters. The van der Waals surface area contributed by atoms with Crippen LogP contribution < -0.4 is 9.05 Å². The molecular weight excluding hydrogens is 230 g/mol. The zero-order valence-electron chi connectivity index (χ0n) is 6.73. The second kappa shape index (κ2) is 4.98. The Balaban J connectivity index is 2.68. The van der Waals surface area contributed by atoms with Gasteiger partial charge in [-0.2, -0.15) is 0 Å². The fourth-order valence-electron chi connectivity index (χ4n) is 0.742. The summed E-state index contributed by atoms with van der Waals surface area (Å²) >= 11 is 0. The molecule has 0 spiro atoms. The van der Waals surface area contributed by atoms with E-state index in [9.17, 15) is 9.13 Å². The zero-order chi connectivity index (χ0) is 10.6. The van der Waals surface area contributed by atoms with Crippen LogP contribution in [-0.2, 0) is 9.13 Å². The molecule has 0 saturated heterocycles. The van der Waals surface area contributed by atoms with E-state index in [2.05, 4.69) is 9.05 Å². The Hall–Kier alpha value is -1.06. The molecule has 1 rings (SSSR count). The molecule has 0 aromatic heterocycles. The lowest BCUT2D eigenvalue weighted by atomic mass is 10.3. The van der Waals surface area contributed by atoms with Crippen molar-refractivity contribution in [3.63, 3.8) is 0 Å². The van der Waals surface area contributed by atoms with Crippen LogP contribution in [0.3, 0.4) is 0 Å². The lowest BCUT2D eigenvalue weighted by Gasteiger charge is -1.91. The van der Waals surface area contributed by atoms with E-state index in [1.54, 1.807) is 0 Å². The van der Waals surface area contributed by atoms with Gasteiger partial charge in [0.15, 0.2) is 11.5 Å². The van der Waals surface area contributed by atoms with Crippen LogP contribution in [0.15, 0.2) is 24.3 Å². The molecule has 74 valence electrons. The van der Waals surface area contributed by atoms with Crippen LogP contribution in [-0.4, -0.2) is 9.79 Å². The van der Waals surface area contributed by atoms with Gasteiger partial charge < -0.3 is 0 Å². The van der Waals surface area contributed by atoms with Gasteiger partial charge in [-0.3, -0.25) is 0 Å². The molecule has 0 aliphatic heterocycles. The van der Waals surface area contributed by atoms with Crippen LogP contribution >= 0.6 is 16.5 Å². The molecule has 0 amide bonds. The Labute approximate surface area is 81.0 Å². The normalized spacial score (nSPS) is 11.9. The van der Waals surface area contributed by atoms with E-state index in [4.69, 9.17) is 9.79 Å². The van der Waals surface area contributed by atoms with E-state index in [1.165, 1.54) is 24.3 Å². The number of benzene rings is 1. The molecule has 0 saturated carbocycles. The smallest absolute Gasteiger partial charge is 0.229 e. The van der Waals surface area contributed by atoms with Crippen molar-refractivity contribution in [3.05, 3.63) is 24.3 Å². The molecule has 6 nitrogen and oxygen atoms in total. The Kier molecular flexibility index (Phi) is 3.92. The minimum absolute atomic E-state index is 0.175. The van der Waals surface area contributed by atoms with Crippen molar-refractivity contribution in [3.8, 4) is 11.5 Å². The third-order valence-electron chi connectivity index (χ3n) is 1.19. The molecule has 0 bridgehead atoms. The first-order chi connectivity index (χ1) is 6.58. The van der Waals surface area contributed by atoms with Gasteiger partial charge in [-0.15, -0.1) is 9.79 Å². The van der Waals surface area contributed by atoms with Gasteiger partial charge in [-0.1, -0.05) is 0 Å². The summed E-state index contributed by atoms with van der Waals surface area (Å²) in [5.74, 6) is 0.350. The molecule has 0 aliphatic carbocycles. The van der Waals surface area contributed by atoms with Crippen molar-refractivity contribution < 1.29 is 28.0 Å². The summed E-state index contributed by atoms with van der Waals surface area (Å²) in [6.07, 6.45) is 0. The maximum Gasteiger partial charge on any atom is 0.747 e. The quantitative estimate of drug-likeness (QED) is 0.773. The lowest BCUT2D eigenvalue weighted by Crippen LogP contribution is -1.82. The molecule has 2 unspecified atom stereocenters. The largest absolute Gasteiger partial charge is 0.747 e. The fraction of sp³-hybridized carbons (Fsp3) is 0. The Morgan fingerprint density at radius 1 is 0.857 bits per heavy atom. The van der Waals surface area contributed by atoms with Gasteiger partial charge >= 0.3 is 16.5 Å². The molecule has 0 radical (unpaired) electrons. The zero-order valence-corrected chi connectivity index (χ0v) is 8.52. The highest BCUT2D eigenvalue weighted by Crippen LogP contribution is 2.28. The van der Waals surface area contributed by atoms with Gasteiger partial charge in [0.1, 0.15) is 0 Å². The average Bonchev–Trinajstić information content (AvgIpc) is 2.06. The lowest BCUT2D eigenvalue weighted by molar-refractivity contribution is 0.404. The van der Waals surface area contributed by atoms with E-state index in [0.29, 0.717) is 0 Å². The Morgan fingerprint density at radius 2 is 1.14 bits per heavy atom. The third kappa shape index (κ3) is 3.77. The van der Waals surface area contributed by atoms with Crippen molar-refractivity contribution in [2.75, 3.05) is 0 Å². The second-order valence-corrected chi connectivity index (χ2v) is 3.45. The van der Waals surface area contributed by atoms with E-state index in [-0.39, 0.29) is 11.5 Å². The standard InChI is InChI=1S/C6H4O6P2/c7-13(8)11-5-1-2-6(4-3-5)12-14(9)10/h1-4H/p+2. The van der Waals surface area contributed by atoms with Gasteiger partial charge in [0, 0.05) is 9.13 Å². The Bertz CT molecular complexity index is 313. The molecular formula is C6H6O6P2+2. The predicted octanol–water partition coefficient (Wildman–Crippen LogP) is 1.74. The summed E-state index contributed by atoms with van der Waals surface area (Å²) in [5.41, 5.74) is 0. The van der Waals surface area contributed by atoms with Crippen molar-refractivity contribution in [1.29, 1.82) is 0 Å². The van der Waals surface area contributed by atoms with Crippen LogP contribution in [0.1, 0.15) is 0 Å². The first kappa shape index (κ1) is 11.0. The van der Waals surface area contributed by atoms with Gasteiger partial charge in [-0.05, 0) is 24.3 Å². The topological polar surface area (TPSA) is 93.1 Å². The van der Waals surface area contributed by atoms with E-state index < -0.39 is 16.5 Å². The molecule has 2 N–H and O–H groups in total. The van der Waals surface area contributed by atoms with E-state index >= 15 is 0 Å². The Morgan fingerprint density at radius 3 is 1.36 bits per heavy atom. The molecule has 0 fully saturated rings. The maximum atomic E-state index is 10.2. The SMILES string of the molecule is O=[P+](O)Oc1ccc(O[P+](=O)O)cc1. The highest BCUT2D eigenvalue weighted by molar-refractivity contribution is 7.32. The molecule has 14 heavy (non-hydrogen) atoms. The number of hydrogen-bond donors (Lipinski definition) is 2. The van der Waals surface area contributed by atoms with Crippen LogP contribution in [0.4, 0.5) is 0 Å². The summed E-state index contributed by atoms with van der Waals surface area (Å²) in [6, 6.07) is 5.38. The highest BCUT2D eigenvalue weighted by Gasteiger charge is 2.16. The summed E-state index contributed by atoms with van der Waals surface area (Å²) in [5, 5.41) is 0. The summed E-state index contributed by atoms with van der Waals surface area (Å²) < 4.78 is 29.4. The second-order valence-electron chi connectivity index (χ2n) is 2.13. The molecule has 0 aliphatic rings. The number of rotatable bonds is 4. The van der Waals surface area contributed by atoms with Crippen LogP contribution in [0.5, 0.6) is 11.5 Å². The van der Waals surface area contributed by atoms with Crippen molar-refractivity contribution in [2.45, 2.75) is 0 Å². The van der Waals surface area contributed by atoms with Gasteiger partial charge in [-0.25, -0.2) is 9.05 Å². The fourth-order valence-corrected chi connectivity index (χ4v) is 1.35.